The van der Waals surface area contributed by atoms with E-state index in [0.29, 0.717) is 6.54 Å². The van der Waals surface area contributed by atoms with Crippen molar-refractivity contribution in [1.82, 2.24) is 10.3 Å². The first kappa shape index (κ1) is 21.0. The highest BCUT2D eigenvalue weighted by molar-refractivity contribution is 5.98. The number of likely N-dealkylation sites (N-methyl/N-ethyl adjacent to an activating group) is 1. The third kappa shape index (κ3) is 4.91. The highest BCUT2D eigenvalue weighted by Gasteiger charge is 2.46. The van der Waals surface area contributed by atoms with Gasteiger partial charge in [-0.2, -0.15) is 0 Å². The number of nitrogens with one attached hydrogen (secondary N) is 2. The SMILES string of the molecule is CNCC(C(=O)Nc1ccc2cnccc2c1)c1ccc(COC(=O)C2(C)CC2)cc1. The van der Waals surface area contributed by atoms with Crippen LogP contribution in [0.5, 0.6) is 0 Å². The molecule has 2 N–H and O–H groups in total. The number of nitrogens with zero attached hydrogens (tertiary/aromatic N) is 1. The Balaban J connectivity index is 1.43. The van der Waals surface area contributed by atoms with Crippen molar-refractivity contribution in [3.8, 4) is 0 Å². The number of hydrogen-bond acceptors (Lipinski definition) is 5. The lowest BCUT2D eigenvalue weighted by molar-refractivity contribution is -0.150. The van der Waals surface area contributed by atoms with Crippen molar-refractivity contribution in [2.45, 2.75) is 32.3 Å². The van der Waals surface area contributed by atoms with Gasteiger partial charge in [-0.3, -0.25) is 14.6 Å². The highest BCUT2D eigenvalue weighted by Crippen LogP contribution is 2.46. The molecule has 1 unspecified atom stereocenters. The second-order valence-corrected chi connectivity index (χ2v) is 8.42. The molecule has 1 aromatic heterocycles. The van der Waals surface area contributed by atoms with Gasteiger partial charge in [0.1, 0.15) is 6.61 Å². The van der Waals surface area contributed by atoms with Gasteiger partial charge in [-0.15, -0.1) is 0 Å². The van der Waals surface area contributed by atoms with Gasteiger partial charge in [0.15, 0.2) is 0 Å². The summed E-state index contributed by atoms with van der Waals surface area (Å²) in [6.45, 7) is 2.70. The van der Waals surface area contributed by atoms with E-state index in [1.807, 2.05) is 62.5 Å². The normalized spacial score (nSPS) is 15.3. The number of anilines is 1. The largest absolute Gasteiger partial charge is 0.460 e. The summed E-state index contributed by atoms with van der Waals surface area (Å²) in [6, 6.07) is 15.4. The maximum Gasteiger partial charge on any atom is 0.312 e. The van der Waals surface area contributed by atoms with E-state index in [9.17, 15) is 9.59 Å². The molecule has 0 saturated heterocycles. The lowest BCUT2D eigenvalue weighted by Crippen LogP contribution is -2.29. The first-order chi connectivity index (χ1) is 15.0. The number of pyridine rings is 1. The zero-order valence-electron chi connectivity index (χ0n) is 17.9. The average Bonchev–Trinajstić information content (AvgIpc) is 3.54. The van der Waals surface area contributed by atoms with E-state index in [0.717, 1.165) is 40.4 Å². The summed E-state index contributed by atoms with van der Waals surface area (Å²) in [5.74, 6) is -0.557. The number of benzene rings is 2. The van der Waals surface area contributed by atoms with Crippen molar-refractivity contribution < 1.29 is 14.3 Å². The van der Waals surface area contributed by atoms with Crippen LogP contribution in [0.15, 0.2) is 60.9 Å². The van der Waals surface area contributed by atoms with E-state index in [-0.39, 0.29) is 29.8 Å². The molecule has 6 nitrogen and oxygen atoms in total. The Morgan fingerprint density at radius 2 is 1.87 bits per heavy atom. The van der Waals surface area contributed by atoms with Gasteiger partial charge >= 0.3 is 5.97 Å². The van der Waals surface area contributed by atoms with E-state index in [4.69, 9.17) is 4.74 Å². The van der Waals surface area contributed by atoms with Gasteiger partial charge in [0.2, 0.25) is 5.91 Å². The summed E-state index contributed by atoms with van der Waals surface area (Å²) < 4.78 is 5.43. The molecule has 0 spiro atoms. The third-order valence-electron chi connectivity index (χ3n) is 5.88. The van der Waals surface area contributed by atoms with Gasteiger partial charge in [0.25, 0.3) is 0 Å². The molecule has 1 fully saturated rings. The summed E-state index contributed by atoms with van der Waals surface area (Å²) in [5, 5.41) is 8.18. The molecule has 31 heavy (non-hydrogen) atoms. The first-order valence-electron chi connectivity index (χ1n) is 10.5. The zero-order chi connectivity index (χ0) is 21.8. The smallest absolute Gasteiger partial charge is 0.312 e. The Kier molecular flexibility index (Phi) is 6.00. The fourth-order valence-corrected chi connectivity index (χ4v) is 3.52. The number of rotatable bonds is 8. The van der Waals surface area contributed by atoms with Crippen molar-refractivity contribution in [2.75, 3.05) is 18.9 Å². The van der Waals surface area contributed by atoms with Crippen LogP contribution in [0.1, 0.15) is 36.8 Å². The highest BCUT2D eigenvalue weighted by atomic mass is 16.5. The maximum atomic E-state index is 13.0. The molecule has 160 valence electrons. The van der Waals surface area contributed by atoms with Gasteiger partial charge in [-0.05, 0) is 61.5 Å². The van der Waals surface area contributed by atoms with E-state index in [1.165, 1.54) is 0 Å². The van der Waals surface area contributed by atoms with Crippen LogP contribution in [0.3, 0.4) is 0 Å². The Bertz CT molecular complexity index is 1090. The van der Waals surface area contributed by atoms with Crippen LogP contribution in [-0.2, 0) is 20.9 Å². The van der Waals surface area contributed by atoms with Crippen molar-refractivity contribution in [1.29, 1.82) is 0 Å². The molecule has 6 heteroatoms. The lowest BCUT2D eigenvalue weighted by Gasteiger charge is -2.18. The minimum absolute atomic E-state index is 0.0800. The second kappa shape index (κ2) is 8.86. The molecule has 1 amide bonds. The van der Waals surface area contributed by atoms with Crippen LogP contribution in [0, 0.1) is 5.41 Å². The molecular formula is C25H27N3O3. The van der Waals surface area contributed by atoms with E-state index in [2.05, 4.69) is 15.6 Å². The summed E-state index contributed by atoms with van der Waals surface area (Å²) in [4.78, 5) is 29.2. The lowest BCUT2D eigenvalue weighted by atomic mass is 9.96. The number of carbonyl (C=O) groups is 2. The standard InChI is InChI=1S/C25H27N3O3/c1-25(10-11-25)24(30)31-16-17-3-5-18(6-4-17)22(15-26-2)23(29)28-21-8-7-20-14-27-12-9-19(20)13-21/h3-9,12-14,22,26H,10-11,15-16H2,1-2H3,(H,28,29). The number of aromatic nitrogens is 1. The Morgan fingerprint density at radius 1 is 1.10 bits per heavy atom. The fraction of sp³-hybridized carbons (Fsp3) is 0.320. The predicted octanol–water partition coefficient (Wildman–Crippen LogP) is 4.02. The van der Waals surface area contributed by atoms with Gasteiger partial charge in [-0.1, -0.05) is 30.3 Å². The number of carbonyl (C=O) groups excluding carboxylic acids is 2. The summed E-state index contributed by atoms with van der Waals surface area (Å²) in [6.07, 6.45) is 5.34. The molecular weight excluding hydrogens is 390 g/mol. The summed E-state index contributed by atoms with van der Waals surface area (Å²) in [5.41, 5.74) is 2.28. The van der Waals surface area contributed by atoms with E-state index < -0.39 is 0 Å². The van der Waals surface area contributed by atoms with E-state index in [1.54, 1.807) is 12.4 Å². The number of ether oxygens (including phenoxy) is 1. The van der Waals surface area contributed by atoms with E-state index >= 15 is 0 Å². The molecule has 1 saturated carbocycles. The van der Waals surface area contributed by atoms with Crippen molar-refractivity contribution in [3.05, 3.63) is 72.1 Å². The predicted molar refractivity (Wildman–Crippen MR) is 121 cm³/mol. The van der Waals surface area contributed by atoms with Gasteiger partial charge in [0.05, 0.1) is 11.3 Å². The fourth-order valence-electron chi connectivity index (χ4n) is 3.52. The summed E-state index contributed by atoms with van der Waals surface area (Å²) >= 11 is 0. The molecule has 3 aromatic rings. The van der Waals surface area contributed by atoms with Crippen LogP contribution in [0.4, 0.5) is 5.69 Å². The minimum atomic E-state index is -0.347. The molecule has 1 heterocycles. The zero-order valence-corrected chi connectivity index (χ0v) is 17.9. The van der Waals surface area contributed by atoms with Crippen molar-refractivity contribution in [2.24, 2.45) is 5.41 Å². The van der Waals surface area contributed by atoms with Crippen LogP contribution < -0.4 is 10.6 Å². The van der Waals surface area contributed by atoms with Crippen molar-refractivity contribution >= 4 is 28.3 Å². The molecule has 1 atom stereocenters. The minimum Gasteiger partial charge on any atom is -0.460 e. The van der Waals surface area contributed by atoms with Gasteiger partial charge in [0, 0.05) is 30.0 Å². The number of fused-ring (bicyclic) bond motifs is 1. The first-order valence-corrected chi connectivity index (χ1v) is 10.5. The maximum absolute atomic E-state index is 13.0. The quantitative estimate of drug-likeness (QED) is 0.541. The Labute approximate surface area is 182 Å². The van der Waals surface area contributed by atoms with Crippen LogP contribution in [0.2, 0.25) is 0 Å². The number of amides is 1. The Morgan fingerprint density at radius 3 is 2.58 bits per heavy atom. The number of esters is 1. The molecule has 2 aromatic carbocycles. The number of hydrogen-bond donors (Lipinski definition) is 2. The molecule has 0 bridgehead atoms. The van der Waals surface area contributed by atoms with Gasteiger partial charge in [-0.25, -0.2) is 0 Å². The molecule has 1 aliphatic carbocycles. The van der Waals surface area contributed by atoms with Crippen molar-refractivity contribution in [3.63, 3.8) is 0 Å². The third-order valence-corrected chi connectivity index (χ3v) is 5.88. The topological polar surface area (TPSA) is 80.3 Å². The second-order valence-electron chi connectivity index (χ2n) is 8.42. The molecule has 1 aliphatic rings. The average molecular weight is 418 g/mol. The molecule has 0 aliphatic heterocycles. The Hall–Kier alpha value is -3.25. The van der Waals surface area contributed by atoms with Crippen LogP contribution >= 0.6 is 0 Å². The van der Waals surface area contributed by atoms with Crippen LogP contribution in [-0.4, -0.2) is 30.5 Å². The molecule has 0 radical (unpaired) electrons. The summed E-state index contributed by atoms with van der Waals surface area (Å²) in [7, 11) is 1.83. The monoisotopic (exact) mass is 417 g/mol. The molecule has 4 rings (SSSR count). The van der Waals surface area contributed by atoms with Gasteiger partial charge < -0.3 is 15.4 Å². The van der Waals surface area contributed by atoms with Crippen LogP contribution in [0.25, 0.3) is 10.8 Å².